The van der Waals surface area contributed by atoms with E-state index in [0.29, 0.717) is 0 Å². The summed E-state index contributed by atoms with van der Waals surface area (Å²) in [5.74, 6) is 0. The van der Waals surface area contributed by atoms with E-state index in [1.165, 1.54) is 55.5 Å². The van der Waals surface area contributed by atoms with Gasteiger partial charge in [0.05, 0.1) is 22.7 Å². The van der Waals surface area contributed by atoms with Crippen LogP contribution >= 0.6 is 0 Å². The third-order valence-corrected chi connectivity index (χ3v) is 10.4. The number of rotatable bonds is 6. The molecule has 51 heavy (non-hydrogen) atoms. The molecule has 244 valence electrons. The SMILES string of the molecule is CC1(C)c2ccccc2N(c2c(N(c3ccccc3)c3ccc(-c4ccccc4)cc3)ccc3ccccc23)c2ccc(-c3ccccc3)cc21. The molecule has 0 saturated heterocycles. The molecule has 1 heterocycles. The van der Waals surface area contributed by atoms with E-state index in [-0.39, 0.29) is 5.41 Å². The van der Waals surface area contributed by atoms with Crippen LogP contribution in [-0.2, 0) is 5.41 Å². The molecular formula is C49H38N2. The fraction of sp³-hybridized carbons (Fsp3) is 0.0612. The van der Waals surface area contributed by atoms with Crippen molar-refractivity contribution >= 4 is 44.9 Å². The third-order valence-electron chi connectivity index (χ3n) is 10.4. The number of benzene rings is 8. The Hall–Kier alpha value is -6.38. The summed E-state index contributed by atoms with van der Waals surface area (Å²) in [6.45, 7) is 4.73. The van der Waals surface area contributed by atoms with Gasteiger partial charge in [0.2, 0.25) is 0 Å². The molecule has 0 amide bonds. The summed E-state index contributed by atoms with van der Waals surface area (Å²) in [5.41, 5.74) is 14.1. The topological polar surface area (TPSA) is 6.48 Å². The van der Waals surface area contributed by atoms with Crippen LogP contribution in [-0.4, -0.2) is 0 Å². The van der Waals surface area contributed by atoms with E-state index in [4.69, 9.17) is 0 Å². The molecule has 0 N–H and O–H groups in total. The highest BCUT2D eigenvalue weighted by molar-refractivity contribution is 6.08. The minimum Gasteiger partial charge on any atom is -0.308 e. The standard InChI is InChI=1S/C49H38N2/c1-49(2)43-24-14-15-25-45(43)51(46-32-29-39(34-44(46)49)36-18-8-4-9-19-36)48-42-23-13-12-20-38(42)28-33-47(48)50(40-21-10-5-11-22-40)41-30-26-37(27-31-41)35-16-6-3-7-17-35/h3-34H,1-2H3. The van der Waals surface area contributed by atoms with E-state index < -0.39 is 0 Å². The summed E-state index contributed by atoms with van der Waals surface area (Å²) in [6, 6.07) is 70.4. The molecule has 0 unspecified atom stereocenters. The monoisotopic (exact) mass is 654 g/mol. The van der Waals surface area contributed by atoms with Crippen LogP contribution in [0.5, 0.6) is 0 Å². The predicted octanol–water partition coefficient (Wildman–Crippen LogP) is 13.8. The summed E-state index contributed by atoms with van der Waals surface area (Å²) < 4.78 is 0. The first-order valence-corrected chi connectivity index (χ1v) is 17.7. The van der Waals surface area contributed by atoms with E-state index >= 15 is 0 Å². The number of para-hydroxylation sites is 2. The molecule has 0 aromatic heterocycles. The normalized spacial score (nSPS) is 13.0. The second-order valence-corrected chi connectivity index (χ2v) is 13.8. The molecule has 0 spiro atoms. The van der Waals surface area contributed by atoms with Crippen molar-refractivity contribution in [3.63, 3.8) is 0 Å². The highest BCUT2D eigenvalue weighted by atomic mass is 15.2. The molecule has 0 saturated carbocycles. The molecule has 9 rings (SSSR count). The molecule has 0 aliphatic carbocycles. The summed E-state index contributed by atoms with van der Waals surface area (Å²) in [5, 5.41) is 2.40. The lowest BCUT2D eigenvalue weighted by atomic mass is 9.72. The third kappa shape index (κ3) is 5.28. The molecule has 2 nitrogen and oxygen atoms in total. The van der Waals surface area contributed by atoms with Crippen LogP contribution in [0, 0.1) is 0 Å². The summed E-state index contributed by atoms with van der Waals surface area (Å²) >= 11 is 0. The van der Waals surface area contributed by atoms with Gasteiger partial charge in [-0.2, -0.15) is 0 Å². The van der Waals surface area contributed by atoms with Crippen LogP contribution in [0.1, 0.15) is 25.0 Å². The van der Waals surface area contributed by atoms with Crippen LogP contribution in [0.3, 0.4) is 0 Å². The fourth-order valence-corrected chi connectivity index (χ4v) is 7.85. The minimum atomic E-state index is -0.218. The second-order valence-electron chi connectivity index (χ2n) is 13.8. The van der Waals surface area contributed by atoms with E-state index in [0.717, 1.165) is 22.7 Å². The Morgan fingerprint density at radius 1 is 0.412 bits per heavy atom. The lowest BCUT2D eigenvalue weighted by Gasteiger charge is -2.44. The quantitative estimate of drug-likeness (QED) is 0.176. The van der Waals surface area contributed by atoms with Crippen LogP contribution in [0.15, 0.2) is 194 Å². The van der Waals surface area contributed by atoms with E-state index in [1.807, 2.05) is 0 Å². The first-order valence-electron chi connectivity index (χ1n) is 17.7. The highest BCUT2D eigenvalue weighted by Gasteiger charge is 2.38. The molecule has 8 aromatic carbocycles. The van der Waals surface area contributed by atoms with Crippen molar-refractivity contribution in [2.24, 2.45) is 0 Å². The molecule has 0 bridgehead atoms. The maximum absolute atomic E-state index is 2.52. The van der Waals surface area contributed by atoms with Gasteiger partial charge in [-0.25, -0.2) is 0 Å². The van der Waals surface area contributed by atoms with Crippen molar-refractivity contribution < 1.29 is 0 Å². The minimum absolute atomic E-state index is 0.218. The number of nitrogens with zero attached hydrogens (tertiary/aromatic N) is 2. The van der Waals surface area contributed by atoms with Crippen LogP contribution in [0.25, 0.3) is 33.0 Å². The summed E-state index contributed by atoms with van der Waals surface area (Å²) in [7, 11) is 0. The lowest BCUT2D eigenvalue weighted by Crippen LogP contribution is -2.31. The number of fused-ring (bicyclic) bond motifs is 3. The van der Waals surface area contributed by atoms with Crippen LogP contribution in [0.4, 0.5) is 34.1 Å². The second kappa shape index (κ2) is 12.5. The van der Waals surface area contributed by atoms with Crippen LogP contribution < -0.4 is 9.80 Å². The van der Waals surface area contributed by atoms with Gasteiger partial charge in [0.15, 0.2) is 0 Å². The Morgan fingerprint density at radius 2 is 0.941 bits per heavy atom. The molecular weight excluding hydrogens is 617 g/mol. The number of hydrogen-bond donors (Lipinski definition) is 0. The Kier molecular flexibility index (Phi) is 7.51. The van der Waals surface area contributed by atoms with Gasteiger partial charge in [0, 0.05) is 22.2 Å². The highest BCUT2D eigenvalue weighted by Crippen LogP contribution is 2.56. The van der Waals surface area contributed by atoms with Crippen molar-refractivity contribution in [2.45, 2.75) is 19.3 Å². The van der Waals surface area contributed by atoms with E-state index in [2.05, 4.69) is 218 Å². The zero-order valence-corrected chi connectivity index (χ0v) is 28.9. The van der Waals surface area contributed by atoms with Gasteiger partial charge in [-0.3, -0.25) is 0 Å². The Labute approximate surface area is 300 Å². The van der Waals surface area contributed by atoms with Crippen molar-refractivity contribution in [2.75, 3.05) is 9.80 Å². The Bertz CT molecular complexity index is 2480. The van der Waals surface area contributed by atoms with Crippen molar-refractivity contribution in [1.82, 2.24) is 0 Å². The molecule has 1 aliphatic heterocycles. The van der Waals surface area contributed by atoms with Crippen LogP contribution in [0.2, 0.25) is 0 Å². The van der Waals surface area contributed by atoms with Gasteiger partial charge in [0.25, 0.3) is 0 Å². The maximum Gasteiger partial charge on any atom is 0.0781 e. The molecule has 1 aliphatic rings. The first-order chi connectivity index (χ1) is 25.1. The Morgan fingerprint density at radius 3 is 1.67 bits per heavy atom. The average molecular weight is 655 g/mol. The molecule has 2 heteroatoms. The van der Waals surface area contributed by atoms with E-state index in [9.17, 15) is 0 Å². The van der Waals surface area contributed by atoms with E-state index in [1.54, 1.807) is 0 Å². The Balaban J connectivity index is 1.32. The number of anilines is 6. The average Bonchev–Trinajstić information content (AvgIpc) is 3.20. The summed E-state index contributed by atoms with van der Waals surface area (Å²) in [6.07, 6.45) is 0. The maximum atomic E-state index is 2.52. The van der Waals surface area contributed by atoms with Crippen molar-refractivity contribution in [3.8, 4) is 22.3 Å². The van der Waals surface area contributed by atoms with Gasteiger partial charge in [-0.1, -0.05) is 159 Å². The lowest BCUT2D eigenvalue weighted by molar-refractivity contribution is 0.632. The molecule has 0 radical (unpaired) electrons. The number of hydrogen-bond acceptors (Lipinski definition) is 2. The molecule has 0 atom stereocenters. The van der Waals surface area contributed by atoms with Gasteiger partial charge in [0.1, 0.15) is 0 Å². The van der Waals surface area contributed by atoms with Gasteiger partial charge in [-0.15, -0.1) is 0 Å². The van der Waals surface area contributed by atoms with Crippen molar-refractivity contribution in [1.29, 1.82) is 0 Å². The first kappa shape index (κ1) is 30.7. The zero-order chi connectivity index (χ0) is 34.4. The van der Waals surface area contributed by atoms with Crippen molar-refractivity contribution in [3.05, 3.63) is 205 Å². The summed E-state index contributed by atoms with van der Waals surface area (Å²) in [4.78, 5) is 4.94. The van der Waals surface area contributed by atoms with Gasteiger partial charge in [-0.05, 0) is 87.3 Å². The fourth-order valence-electron chi connectivity index (χ4n) is 7.85. The van der Waals surface area contributed by atoms with Gasteiger partial charge >= 0.3 is 0 Å². The van der Waals surface area contributed by atoms with Gasteiger partial charge < -0.3 is 9.80 Å². The molecule has 0 fully saturated rings. The predicted molar refractivity (Wildman–Crippen MR) is 216 cm³/mol. The molecule has 8 aromatic rings. The largest absolute Gasteiger partial charge is 0.308 e. The smallest absolute Gasteiger partial charge is 0.0781 e. The zero-order valence-electron chi connectivity index (χ0n) is 28.9.